The zero-order valence-corrected chi connectivity index (χ0v) is 10.1. The maximum absolute atomic E-state index is 11.7. The molecule has 1 aliphatic rings. The van der Waals surface area contributed by atoms with Crippen LogP contribution in [0.25, 0.3) is 0 Å². The van der Waals surface area contributed by atoms with Crippen molar-refractivity contribution in [2.24, 2.45) is 0 Å². The lowest BCUT2D eigenvalue weighted by Crippen LogP contribution is -2.28. The third kappa shape index (κ3) is 2.46. The van der Waals surface area contributed by atoms with Gasteiger partial charge in [-0.3, -0.25) is 9.59 Å². The van der Waals surface area contributed by atoms with Crippen molar-refractivity contribution in [3.05, 3.63) is 29.8 Å². The van der Waals surface area contributed by atoms with Gasteiger partial charge in [-0.05, 0) is 11.6 Å². The number of rotatable bonds is 2. The largest absolute Gasteiger partial charge is 0.349 e. The van der Waals surface area contributed by atoms with E-state index in [0.29, 0.717) is 12.8 Å². The Labute approximate surface area is 101 Å². The van der Waals surface area contributed by atoms with Crippen molar-refractivity contribution in [3.63, 3.8) is 0 Å². The van der Waals surface area contributed by atoms with Gasteiger partial charge in [-0.25, -0.2) is 0 Å². The van der Waals surface area contributed by atoms with E-state index in [1.165, 1.54) is 0 Å². The first-order valence-corrected chi connectivity index (χ1v) is 5.67. The fourth-order valence-corrected chi connectivity index (χ4v) is 2.08. The highest BCUT2D eigenvalue weighted by atomic mass is 16.2. The number of carbonyl (C=O) groups is 2. The molecular formula is C13H16N2O2. The highest BCUT2D eigenvalue weighted by molar-refractivity contribution is 5.95. The summed E-state index contributed by atoms with van der Waals surface area (Å²) in [5.74, 6) is 0.0367. The van der Waals surface area contributed by atoms with Crippen LogP contribution in [0, 0.1) is 0 Å². The van der Waals surface area contributed by atoms with E-state index in [2.05, 4.69) is 5.32 Å². The smallest absolute Gasteiger partial charge is 0.225 e. The average Bonchev–Trinajstić information content (AvgIpc) is 2.28. The quantitative estimate of drug-likeness (QED) is 0.841. The molecule has 1 N–H and O–H groups in total. The second-order valence-electron chi connectivity index (χ2n) is 4.53. The van der Waals surface area contributed by atoms with Gasteiger partial charge in [-0.2, -0.15) is 0 Å². The lowest BCUT2D eigenvalue weighted by atomic mass is 9.87. The van der Waals surface area contributed by atoms with Gasteiger partial charge in [0, 0.05) is 38.5 Å². The van der Waals surface area contributed by atoms with Gasteiger partial charge in [0.25, 0.3) is 0 Å². The summed E-state index contributed by atoms with van der Waals surface area (Å²) in [4.78, 5) is 24.8. The van der Waals surface area contributed by atoms with Crippen molar-refractivity contribution in [2.75, 3.05) is 19.4 Å². The van der Waals surface area contributed by atoms with E-state index >= 15 is 0 Å². The second kappa shape index (κ2) is 4.57. The Morgan fingerprint density at radius 2 is 2.12 bits per heavy atom. The van der Waals surface area contributed by atoms with Crippen LogP contribution in [-0.4, -0.2) is 30.8 Å². The molecule has 0 saturated carbocycles. The van der Waals surface area contributed by atoms with Gasteiger partial charge < -0.3 is 10.2 Å². The predicted octanol–water partition coefficient (Wildman–Crippen LogP) is 1.59. The summed E-state index contributed by atoms with van der Waals surface area (Å²) >= 11 is 0. The summed E-state index contributed by atoms with van der Waals surface area (Å²) in [6.45, 7) is 0. The number of anilines is 1. The lowest BCUT2D eigenvalue weighted by Gasteiger charge is -2.26. The molecule has 2 rings (SSSR count). The molecule has 0 fully saturated rings. The number of hydrogen-bond acceptors (Lipinski definition) is 2. The van der Waals surface area contributed by atoms with Crippen LogP contribution in [0.1, 0.15) is 24.3 Å². The summed E-state index contributed by atoms with van der Waals surface area (Å²) in [5.41, 5.74) is 1.89. The molecule has 0 bridgehead atoms. The minimum Gasteiger partial charge on any atom is -0.349 e. The summed E-state index contributed by atoms with van der Waals surface area (Å²) in [6, 6.07) is 7.67. The molecule has 4 heteroatoms. The van der Waals surface area contributed by atoms with Gasteiger partial charge >= 0.3 is 0 Å². The van der Waals surface area contributed by atoms with Gasteiger partial charge in [0.05, 0.1) is 0 Å². The van der Waals surface area contributed by atoms with Crippen molar-refractivity contribution in [1.82, 2.24) is 4.90 Å². The summed E-state index contributed by atoms with van der Waals surface area (Å²) in [6.07, 6.45) is 0.772. The summed E-state index contributed by atoms with van der Waals surface area (Å²) < 4.78 is 0. The monoisotopic (exact) mass is 232 g/mol. The minimum absolute atomic E-state index is 0.00477. The molecule has 2 amide bonds. The van der Waals surface area contributed by atoms with Crippen LogP contribution >= 0.6 is 0 Å². The zero-order chi connectivity index (χ0) is 12.4. The van der Waals surface area contributed by atoms with Gasteiger partial charge in [0.2, 0.25) is 11.8 Å². The molecule has 1 aliphatic heterocycles. The van der Waals surface area contributed by atoms with Crippen LogP contribution in [0.4, 0.5) is 5.69 Å². The normalized spacial score (nSPS) is 18.2. The number of amides is 2. The Bertz CT molecular complexity index is 454. The van der Waals surface area contributed by atoms with Crippen molar-refractivity contribution >= 4 is 17.5 Å². The maximum atomic E-state index is 11.7. The molecule has 1 aromatic carbocycles. The molecule has 0 spiro atoms. The SMILES string of the molecule is CN(C)C(=O)CC1CC(=O)Nc2ccccc21. The van der Waals surface area contributed by atoms with E-state index in [4.69, 9.17) is 0 Å². The van der Waals surface area contributed by atoms with Crippen LogP contribution in [0.3, 0.4) is 0 Å². The molecule has 0 aromatic heterocycles. The molecule has 1 heterocycles. The highest BCUT2D eigenvalue weighted by Crippen LogP contribution is 2.34. The number of nitrogens with one attached hydrogen (secondary N) is 1. The number of hydrogen-bond donors (Lipinski definition) is 1. The highest BCUT2D eigenvalue weighted by Gasteiger charge is 2.26. The Morgan fingerprint density at radius 1 is 1.41 bits per heavy atom. The average molecular weight is 232 g/mol. The van der Waals surface area contributed by atoms with Crippen LogP contribution in [0.15, 0.2) is 24.3 Å². The zero-order valence-electron chi connectivity index (χ0n) is 10.1. The number of nitrogens with zero attached hydrogens (tertiary/aromatic N) is 1. The van der Waals surface area contributed by atoms with Crippen molar-refractivity contribution < 1.29 is 9.59 Å². The van der Waals surface area contributed by atoms with E-state index in [1.54, 1.807) is 19.0 Å². The summed E-state index contributed by atoms with van der Waals surface area (Å²) in [7, 11) is 3.47. The molecule has 17 heavy (non-hydrogen) atoms. The van der Waals surface area contributed by atoms with Crippen molar-refractivity contribution in [1.29, 1.82) is 0 Å². The first-order valence-electron chi connectivity index (χ1n) is 5.67. The third-order valence-corrected chi connectivity index (χ3v) is 3.03. The van der Waals surface area contributed by atoms with Crippen molar-refractivity contribution in [2.45, 2.75) is 18.8 Å². The van der Waals surface area contributed by atoms with E-state index in [0.717, 1.165) is 11.3 Å². The summed E-state index contributed by atoms with van der Waals surface area (Å²) in [5, 5.41) is 2.83. The molecule has 0 saturated heterocycles. The standard InChI is InChI=1S/C13H16N2O2/c1-15(2)13(17)8-9-7-12(16)14-11-6-4-3-5-10(9)11/h3-6,9H,7-8H2,1-2H3,(H,14,16). The number of carbonyl (C=O) groups excluding carboxylic acids is 2. The van der Waals surface area contributed by atoms with Gasteiger partial charge in [0.1, 0.15) is 0 Å². The van der Waals surface area contributed by atoms with Gasteiger partial charge in [0.15, 0.2) is 0 Å². The van der Waals surface area contributed by atoms with Crippen LogP contribution < -0.4 is 5.32 Å². The fourth-order valence-electron chi connectivity index (χ4n) is 2.08. The molecule has 1 unspecified atom stereocenters. The predicted molar refractivity (Wildman–Crippen MR) is 65.7 cm³/mol. The Balaban J connectivity index is 2.24. The lowest BCUT2D eigenvalue weighted by molar-refractivity contribution is -0.129. The molecule has 1 aromatic rings. The van der Waals surface area contributed by atoms with Gasteiger partial charge in [-0.15, -0.1) is 0 Å². The maximum Gasteiger partial charge on any atom is 0.225 e. The second-order valence-corrected chi connectivity index (χ2v) is 4.53. The molecule has 0 radical (unpaired) electrons. The number of para-hydroxylation sites is 1. The molecular weight excluding hydrogens is 216 g/mol. The third-order valence-electron chi connectivity index (χ3n) is 3.03. The van der Waals surface area contributed by atoms with E-state index in [1.807, 2.05) is 24.3 Å². The van der Waals surface area contributed by atoms with E-state index < -0.39 is 0 Å². The van der Waals surface area contributed by atoms with Gasteiger partial charge in [-0.1, -0.05) is 18.2 Å². The van der Waals surface area contributed by atoms with E-state index in [9.17, 15) is 9.59 Å². The Morgan fingerprint density at radius 3 is 2.82 bits per heavy atom. The molecule has 0 aliphatic carbocycles. The first-order chi connectivity index (χ1) is 8.08. The van der Waals surface area contributed by atoms with Crippen molar-refractivity contribution in [3.8, 4) is 0 Å². The number of fused-ring (bicyclic) bond motifs is 1. The minimum atomic E-state index is -0.0137. The Hall–Kier alpha value is -1.84. The van der Waals surface area contributed by atoms with Crippen LogP contribution in [-0.2, 0) is 9.59 Å². The topological polar surface area (TPSA) is 49.4 Å². The molecule has 4 nitrogen and oxygen atoms in total. The van der Waals surface area contributed by atoms with Crippen LogP contribution in [0.5, 0.6) is 0 Å². The number of benzene rings is 1. The Kier molecular flexibility index (Phi) is 3.13. The molecule has 90 valence electrons. The van der Waals surface area contributed by atoms with Crippen LogP contribution in [0.2, 0.25) is 0 Å². The van der Waals surface area contributed by atoms with E-state index in [-0.39, 0.29) is 17.7 Å². The molecule has 1 atom stereocenters. The first kappa shape index (κ1) is 11.6. The fraction of sp³-hybridized carbons (Fsp3) is 0.385.